The highest BCUT2D eigenvalue weighted by atomic mass is 16.5. The van der Waals surface area contributed by atoms with Gasteiger partial charge in [-0.15, -0.1) is 0 Å². The summed E-state index contributed by atoms with van der Waals surface area (Å²) in [5.41, 5.74) is 1.81. The smallest absolute Gasteiger partial charge is 0.261 e. The van der Waals surface area contributed by atoms with E-state index in [0.717, 1.165) is 16.2 Å². The minimum atomic E-state index is -0.526. The SMILES string of the molecule is C.COc1cc(NC(=O)c2c[nH]c3ccccc3c2=O)cc2ccccc12.O=C(Nc1cc(O)c2ccccc2c1)c1c[nH]c2ccccc2c1=O. The molecule has 258 valence electrons. The average Bonchev–Trinajstić information content (AvgIpc) is 3.15. The summed E-state index contributed by atoms with van der Waals surface area (Å²) in [7, 11) is 1.58. The van der Waals surface area contributed by atoms with Crippen LogP contribution in [0.1, 0.15) is 28.1 Å². The molecule has 10 nitrogen and oxygen atoms in total. The number of phenols is 1. The quantitative estimate of drug-likeness (QED) is 0.123. The molecule has 8 aromatic rings. The van der Waals surface area contributed by atoms with Gasteiger partial charge in [-0.3, -0.25) is 19.2 Å². The van der Waals surface area contributed by atoms with E-state index in [4.69, 9.17) is 4.74 Å². The molecule has 2 amide bonds. The van der Waals surface area contributed by atoms with E-state index >= 15 is 0 Å². The Balaban J connectivity index is 0.000000175. The lowest BCUT2D eigenvalue weighted by Gasteiger charge is -2.11. The number of aromatic amines is 2. The molecule has 6 aromatic carbocycles. The largest absolute Gasteiger partial charge is 0.507 e. The van der Waals surface area contributed by atoms with Crippen LogP contribution in [0.4, 0.5) is 11.4 Å². The van der Waals surface area contributed by atoms with Crippen LogP contribution in [0.15, 0.2) is 143 Å². The van der Waals surface area contributed by atoms with E-state index in [1.54, 1.807) is 61.7 Å². The number of fused-ring (bicyclic) bond motifs is 4. The molecule has 0 spiro atoms. The number of ether oxygens (including phenoxy) is 1. The number of rotatable bonds is 5. The standard InChI is InChI=1S/C21H16N2O3.C20H14N2O3.CH4/c1-26-19-11-14(10-13-6-2-3-7-15(13)19)23-21(25)17-12-22-18-9-5-4-8-16(18)20(17)24;23-18-10-13(9-12-5-1-2-6-14(12)18)22-20(25)16-11-21-17-8-4-3-7-15(17)19(16)24;/h2-12H,1H3,(H,22,24)(H,23,25);1-11,23H,(H,21,24)(H,22,25);1H4. The van der Waals surface area contributed by atoms with E-state index in [1.165, 1.54) is 18.5 Å². The van der Waals surface area contributed by atoms with Crippen molar-refractivity contribution in [1.82, 2.24) is 9.97 Å². The summed E-state index contributed by atoms with van der Waals surface area (Å²) in [6.07, 6.45) is 2.85. The van der Waals surface area contributed by atoms with Gasteiger partial charge in [0.2, 0.25) is 10.9 Å². The van der Waals surface area contributed by atoms with E-state index in [9.17, 15) is 24.3 Å². The van der Waals surface area contributed by atoms with E-state index < -0.39 is 11.8 Å². The molecule has 0 saturated heterocycles. The van der Waals surface area contributed by atoms with Crippen LogP contribution < -0.4 is 26.2 Å². The fourth-order valence-corrected chi connectivity index (χ4v) is 5.95. The van der Waals surface area contributed by atoms with Crippen molar-refractivity contribution in [3.05, 3.63) is 165 Å². The summed E-state index contributed by atoms with van der Waals surface area (Å²) in [5.74, 6) is -0.261. The van der Waals surface area contributed by atoms with Crippen LogP contribution in [0.25, 0.3) is 43.4 Å². The molecule has 5 N–H and O–H groups in total. The molecule has 2 aromatic heterocycles. The molecule has 0 aliphatic carbocycles. The molecule has 0 radical (unpaired) electrons. The number of para-hydroxylation sites is 2. The number of aromatic nitrogens is 2. The number of methoxy groups -OCH3 is 1. The lowest BCUT2D eigenvalue weighted by atomic mass is 10.1. The predicted molar refractivity (Wildman–Crippen MR) is 208 cm³/mol. The molecule has 0 unspecified atom stereocenters. The van der Waals surface area contributed by atoms with Gasteiger partial charge in [0.15, 0.2) is 0 Å². The van der Waals surface area contributed by atoms with Crippen LogP contribution in [-0.4, -0.2) is 34.0 Å². The van der Waals surface area contributed by atoms with Crippen molar-refractivity contribution in [3.8, 4) is 11.5 Å². The summed E-state index contributed by atoms with van der Waals surface area (Å²) in [4.78, 5) is 56.2. The first-order valence-electron chi connectivity index (χ1n) is 15.9. The predicted octanol–water partition coefficient (Wildman–Crippen LogP) is 8.22. The van der Waals surface area contributed by atoms with Gasteiger partial charge in [0.25, 0.3) is 11.8 Å². The lowest BCUT2D eigenvalue weighted by Crippen LogP contribution is -2.21. The van der Waals surface area contributed by atoms with Gasteiger partial charge in [-0.1, -0.05) is 80.2 Å². The minimum absolute atomic E-state index is 0. The molecule has 2 heterocycles. The number of hydrogen-bond donors (Lipinski definition) is 5. The normalized spacial score (nSPS) is 10.6. The van der Waals surface area contributed by atoms with E-state index in [-0.39, 0.29) is 35.2 Å². The molecule has 0 aliphatic rings. The topological polar surface area (TPSA) is 153 Å². The number of amides is 2. The summed E-state index contributed by atoms with van der Waals surface area (Å²) in [5, 5.41) is 19.9. The van der Waals surface area contributed by atoms with Crippen molar-refractivity contribution in [2.75, 3.05) is 17.7 Å². The van der Waals surface area contributed by atoms with Gasteiger partial charge in [0.05, 0.1) is 7.11 Å². The number of phenolic OH excluding ortho intramolecular Hbond substituents is 1. The Morgan fingerprint density at radius 1 is 0.577 bits per heavy atom. The summed E-state index contributed by atoms with van der Waals surface area (Å²) in [6, 6.07) is 36.0. The third-order valence-electron chi connectivity index (χ3n) is 8.47. The average molecular weight is 691 g/mol. The van der Waals surface area contributed by atoms with Crippen LogP contribution in [0, 0.1) is 0 Å². The van der Waals surface area contributed by atoms with E-state index in [0.29, 0.717) is 44.3 Å². The maximum atomic E-state index is 12.6. The first-order valence-corrected chi connectivity index (χ1v) is 15.9. The Bertz CT molecular complexity index is 2750. The number of nitrogens with one attached hydrogen (secondary N) is 4. The zero-order valence-corrected chi connectivity index (χ0v) is 27.2. The third kappa shape index (κ3) is 6.81. The maximum Gasteiger partial charge on any atom is 0.261 e. The van der Waals surface area contributed by atoms with Gasteiger partial charge in [-0.25, -0.2) is 0 Å². The van der Waals surface area contributed by atoms with Gasteiger partial charge < -0.3 is 30.4 Å². The number of hydrogen-bond acceptors (Lipinski definition) is 6. The van der Waals surface area contributed by atoms with Gasteiger partial charge in [0, 0.05) is 68.5 Å². The highest BCUT2D eigenvalue weighted by molar-refractivity contribution is 6.08. The zero-order chi connectivity index (χ0) is 35.5. The molecular formula is C42H34N4O6. The zero-order valence-electron chi connectivity index (χ0n) is 27.2. The number of pyridine rings is 2. The van der Waals surface area contributed by atoms with Gasteiger partial charge in [-0.2, -0.15) is 0 Å². The first-order chi connectivity index (χ1) is 24.8. The van der Waals surface area contributed by atoms with Gasteiger partial charge in [-0.05, 0) is 47.2 Å². The van der Waals surface area contributed by atoms with E-state index in [1.807, 2.05) is 60.7 Å². The second kappa shape index (κ2) is 14.7. The first kappa shape index (κ1) is 34.7. The molecule has 10 heteroatoms. The highest BCUT2D eigenvalue weighted by Crippen LogP contribution is 2.30. The number of H-pyrrole nitrogens is 2. The van der Waals surface area contributed by atoms with Gasteiger partial charge in [0.1, 0.15) is 22.6 Å². The minimum Gasteiger partial charge on any atom is -0.507 e. The second-order valence-electron chi connectivity index (χ2n) is 11.7. The van der Waals surface area contributed by atoms with Crippen molar-refractivity contribution in [3.63, 3.8) is 0 Å². The van der Waals surface area contributed by atoms with Crippen LogP contribution in [-0.2, 0) is 0 Å². The highest BCUT2D eigenvalue weighted by Gasteiger charge is 2.16. The lowest BCUT2D eigenvalue weighted by molar-refractivity contribution is 0.101. The van der Waals surface area contributed by atoms with Crippen LogP contribution in [0.3, 0.4) is 0 Å². The molecule has 8 rings (SSSR count). The Kier molecular flexibility index (Phi) is 9.82. The van der Waals surface area contributed by atoms with Crippen LogP contribution >= 0.6 is 0 Å². The van der Waals surface area contributed by atoms with Crippen molar-refractivity contribution >= 4 is 66.5 Å². The fraction of sp³-hybridized carbons (Fsp3) is 0.0476. The number of carbonyl (C=O) groups is 2. The number of carbonyl (C=O) groups excluding carboxylic acids is 2. The van der Waals surface area contributed by atoms with Crippen LogP contribution in [0.2, 0.25) is 0 Å². The summed E-state index contributed by atoms with van der Waals surface area (Å²) < 4.78 is 5.42. The molecular weight excluding hydrogens is 656 g/mol. The van der Waals surface area contributed by atoms with Crippen molar-refractivity contribution < 1.29 is 19.4 Å². The fourth-order valence-electron chi connectivity index (χ4n) is 5.95. The Hall–Kier alpha value is -7.20. The van der Waals surface area contributed by atoms with Gasteiger partial charge >= 0.3 is 0 Å². The third-order valence-corrected chi connectivity index (χ3v) is 8.47. The molecule has 52 heavy (non-hydrogen) atoms. The van der Waals surface area contributed by atoms with Crippen molar-refractivity contribution in [1.29, 1.82) is 0 Å². The second-order valence-corrected chi connectivity index (χ2v) is 11.7. The summed E-state index contributed by atoms with van der Waals surface area (Å²) in [6.45, 7) is 0. The van der Waals surface area contributed by atoms with Crippen LogP contribution in [0.5, 0.6) is 11.5 Å². The Morgan fingerprint density at radius 2 is 1.00 bits per heavy atom. The molecule has 0 fully saturated rings. The molecule has 0 atom stereocenters. The monoisotopic (exact) mass is 690 g/mol. The maximum absolute atomic E-state index is 12.6. The summed E-state index contributed by atoms with van der Waals surface area (Å²) >= 11 is 0. The number of benzene rings is 6. The number of aromatic hydroxyl groups is 1. The Morgan fingerprint density at radius 3 is 1.52 bits per heavy atom. The van der Waals surface area contributed by atoms with Crippen molar-refractivity contribution in [2.45, 2.75) is 7.43 Å². The Labute approximate surface area is 297 Å². The molecule has 0 saturated carbocycles. The molecule has 0 aliphatic heterocycles. The number of anilines is 2. The van der Waals surface area contributed by atoms with Crippen molar-refractivity contribution in [2.24, 2.45) is 0 Å². The van der Waals surface area contributed by atoms with E-state index in [2.05, 4.69) is 20.6 Å². The molecule has 0 bridgehead atoms.